The van der Waals surface area contributed by atoms with E-state index >= 15 is 0 Å². The summed E-state index contributed by atoms with van der Waals surface area (Å²) in [7, 11) is 0. The van der Waals surface area contributed by atoms with Crippen LogP contribution in [-0.4, -0.2) is 0 Å². The first-order valence-electron chi connectivity index (χ1n) is 1.49. The first-order chi connectivity index (χ1) is 1.91. The van der Waals surface area contributed by atoms with Crippen molar-refractivity contribution < 1.29 is 21.1 Å². The van der Waals surface area contributed by atoms with Gasteiger partial charge in [0.25, 0.3) is 0 Å². The monoisotopic (exact) mass is 359 g/mol. The summed E-state index contributed by atoms with van der Waals surface area (Å²) < 4.78 is 0. The number of hydrogen-bond donors (Lipinski definition) is 0. The number of rotatable bonds is 0. The van der Waals surface area contributed by atoms with Crippen LogP contribution >= 0.6 is 37.2 Å². The first-order valence-corrected chi connectivity index (χ1v) is 1.49. The Morgan fingerprint density at radius 3 is 0.875 bits per heavy atom. The average molecular weight is 361 g/mol. The summed E-state index contributed by atoms with van der Waals surface area (Å²) in [5, 5.41) is 0. The van der Waals surface area contributed by atoms with Gasteiger partial charge in [-0.1, -0.05) is 12.2 Å². The molecule has 0 aliphatic heterocycles. The second kappa shape index (κ2) is 40.6. The van der Waals surface area contributed by atoms with Gasteiger partial charge in [0.2, 0.25) is 0 Å². The average Bonchev–Trinajstić information content (AvgIpc) is 1.37. The van der Waals surface area contributed by atoms with Crippen LogP contribution < -0.4 is 0 Å². The summed E-state index contributed by atoms with van der Waals surface area (Å²) in [6.45, 7) is 4.00. The molecule has 0 unspecified atom stereocenters. The maximum atomic E-state index is 2.00. The Hall–Kier alpha value is 1.30. The van der Waals surface area contributed by atoms with Crippen molar-refractivity contribution >= 4 is 37.2 Å². The predicted molar refractivity (Wildman–Crippen MR) is 42.2 cm³/mol. The second-order valence-corrected chi connectivity index (χ2v) is 0.667. The van der Waals surface area contributed by atoms with Crippen molar-refractivity contribution in [2.45, 2.75) is 13.8 Å². The molecule has 0 rings (SSSR count). The van der Waals surface area contributed by atoms with Crippen LogP contribution in [0.15, 0.2) is 12.2 Å². The molecule has 0 bridgehead atoms. The van der Waals surface area contributed by atoms with E-state index in [2.05, 4.69) is 0 Å². The molecule has 0 heterocycles. The van der Waals surface area contributed by atoms with E-state index in [9.17, 15) is 0 Å². The zero-order valence-corrected chi connectivity index (χ0v) is 9.42. The van der Waals surface area contributed by atoms with Crippen LogP contribution in [-0.2, 0) is 21.1 Å². The van der Waals surface area contributed by atoms with Crippen molar-refractivity contribution in [3.8, 4) is 0 Å². The predicted octanol–water partition coefficient (Wildman–Crippen LogP) is 2.85. The largest absolute Gasteiger partial charge is 0.147 e. The minimum absolute atomic E-state index is 0. The Kier molecular flexibility index (Phi) is 176. The molecular weight excluding hydrogens is 349 g/mol. The summed E-state index contributed by atoms with van der Waals surface area (Å²) in [4.78, 5) is 0. The summed E-state index contributed by atoms with van der Waals surface area (Å²) in [6.07, 6.45) is 4.00. The summed E-state index contributed by atoms with van der Waals surface area (Å²) in [6, 6.07) is 0. The normalized spacial score (nSPS) is 4.75. The zero-order chi connectivity index (χ0) is 3.41. The van der Waals surface area contributed by atoms with Gasteiger partial charge in [-0.15, -0.1) is 37.2 Å². The quantitative estimate of drug-likeness (QED) is 0.583. The molecule has 0 nitrogen and oxygen atoms in total. The van der Waals surface area contributed by atoms with Crippen molar-refractivity contribution in [2.75, 3.05) is 0 Å². The fraction of sp³-hybridized carbons (Fsp3) is 0.500. The minimum Gasteiger partial charge on any atom is -0.147 e. The van der Waals surface area contributed by atoms with Gasteiger partial charge < -0.3 is 0 Å². The summed E-state index contributed by atoms with van der Waals surface area (Å²) in [5.74, 6) is 0. The SMILES string of the molecule is C/C=C/C.Cl.Cl.Cl.[Pt]. The molecule has 0 saturated heterocycles. The summed E-state index contributed by atoms with van der Waals surface area (Å²) >= 11 is 0. The Labute approximate surface area is 84.0 Å². The van der Waals surface area contributed by atoms with Crippen molar-refractivity contribution in [1.29, 1.82) is 0 Å². The maximum Gasteiger partial charge on any atom is 0 e. The Balaban J connectivity index is -0.00000000750. The van der Waals surface area contributed by atoms with Crippen molar-refractivity contribution in [3.63, 3.8) is 0 Å². The molecule has 0 aliphatic carbocycles. The molecule has 4 heteroatoms. The molecule has 0 saturated carbocycles. The van der Waals surface area contributed by atoms with Gasteiger partial charge >= 0.3 is 0 Å². The van der Waals surface area contributed by atoms with Gasteiger partial charge in [0.15, 0.2) is 0 Å². The number of hydrogen-bond acceptors (Lipinski definition) is 0. The first kappa shape index (κ1) is 34.7. The van der Waals surface area contributed by atoms with Gasteiger partial charge in [-0.25, -0.2) is 0 Å². The molecule has 0 radical (unpaired) electrons. The summed E-state index contributed by atoms with van der Waals surface area (Å²) in [5.41, 5.74) is 0. The zero-order valence-electron chi connectivity index (χ0n) is 4.70. The van der Waals surface area contributed by atoms with Gasteiger partial charge in [-0.3, -0.25) is 0 Å². The van der Waals surface area contributed by atoms with E-state index in [0.29, 0.717) is 0 Å². The Bertz CT molecular complexity index is 26.5. The minimum atomic E-state index is 0. The number of halogens is 3. The third-order valence-electron chi connectivity index (χ3n) is 0.333. The maximum absolute atomic E-state index is 2.00. The standard InChI is InChI=1S/C4H8.3ClH.Pt/c1-3-4-2;;;;/h3-4H,1-2H3;3*1H;/b4-3+;;;;. The molecule has 0 aromatic carbocycles. The second-order valence-electron chi connectivity index (χ2n) is 0.667. The van der Waals surface area contributed by atoms with Crippen LogP contribution in [0.2, 0.25) is 0 Å². The molecule has 0 aromatic heterocycles. The fourth-order valence-electron chi connectivity index (χ4n) is 0. The van der Waals surface area contributed by atoms with Crippen molar-refractivity contribution in [2.24, 2.45) is 0 Å². The van der Waals surface area contributed by atoms with Crippen LogP contribution in [0.3, 0.4) is 0 Å². The van der Waals surface area contributed by atoms with E-state index in [1.54, 1.807) is 0 Å². The Morgan fingerprint density at radius 2 is 0.875 bits per heavy atom. The Morgan fingerprint density at radius 1 is 0.750 bits per heavy atom. The van der Waals surface area contributed by atoms with E-state index in [-0.39, 0.29) is 58.3 Å². The van der Waals surface area contributed by atoms with Crippen LogP contribution in [0.4, 0.5) is 0 Å². The topological polar surface area (TPSA) is 0 Å². The van der Waals surface area contributed by atoms with E-state index in [0.717, 1.165) is 0 Å². The van der Waals surface area contributed by atoms with Crippen molar-refractivity contribution in [1.82, 2.24) is 0 Å². The third kappa shape index (κ3) is 54.8. The molecule has 0 aliphatic rings. The van der Waals surface area contributed by atoms with E-state index in [4.69, 9.17) is 0 Å². The van der Waals surface area contributed by atoms with Crippen LogP contribution in [0, 0.1) is 0 Å². The van der Waals surface area contributed by atoms with Gasteiger partial charge in [-0.2, -0.15) is 0 Å². The van der Waals surface area contributed by atoms with Crippen LogP contribution in [0.5, 0.6) is 0 Å². The molecule has 8 heavy (non-hydrogen) atoms. The van der Waals surface area contributed by atoms with Gasteiger partial charge in [0.05, 0.1) is 0 Å². The smallest absolute Gasteiger partial charge is 0 e. The third-order valence-corrected chi connectivity index (χ3v) is 0.333. The number of allylic oxidation sites excluding steroid dienone is 2. The van der Waals surface area contributed by atoms with E-state index < -0.39 is 0 Å². The molecular formula is C4H11Cl3Pt. The molecule has 0 atom stereocenters. The molecule has 0 fully saturated rings. The van der Waals surface area contributed by atoms with Crippen LogP contribution in [0.1, 0.15) is 13.8 Å². The molecule has 0 N–H and O–H groups in total. The van der Waals surface area contributed by atoms with E-state index in [1.165, 1.54) is 0 Å². The molecule has 0 spiro atoms. The van der Waals surface area contributed by atoms with Gasteiger partial charge in [-0.05, 0) is 13.8 Å². The van der Waals surface area contributed by atoms with Gasteiger partial charge in [0, 0.05) is 21.1 Å². The molecule has 58 valence electrons. The van der Waals surface area contributed by atoms with Gasteiger partial charge in [0.1, 0.15) is 0 Å². The fourth-order valence-corrected chi connectivity index (χ4v) is 0. The van der Waals surface area contributed by atoms with Crippen molar-refractivity contribution in [3.05, 3.63) is 12.2 Å². The molecule has 0 amide bonds. The van der Waals surface area contributed by atoms with Crippen LogP contribution in [0.25, 0.3) is 0 Å². The van der Waals surface area contributed by atoms with E-state index in [1.807, 2.05) is 26.0 Å². The molecule has 0 aromatic rings.